The summed E-state index contributed by atoms with van der Waals surface area (Å²) in [5.74, 6) is 1.35. The van der Waals surface area contributed by atoms with Crippen LogP contribution in [0.1, 0.15) is 34.6 Å². The molecule has 3 atom stereocenters. The van der Waals surface area contributed by atoms with Gasteiger partial charge in [0, 0.05) is 19.1 Å². The van der Waals surface area contributed by atoms with Crippen LogP contribution in [-0.2, 0) is 0 Å². The van der Waals surface area contributed by atoms with Crippen LogP contribution in [0.4, 0.5) is 0 Å². The molecule has 1 aliphatic heterocycles. The third-order valence-electron chi connectivity index (χ3n) is 4.22. The van der Waals surface area contributed by atoms with Crippen LogP contribution in [0.5, 0.6) is 0 Å². The Morgan fingerprint density at radius 3 is 2.89 bits per heavy atom. The number of likely N-dealkylation sites (tertiary alicyclic amines) is 1. The molecule has 6 heteroatoms. The summed E-state index contributed by atoms with van der Waals surface area (Å²) in [7, 11) is 0. The Bertz CT molecular complexity index is 461. The molecule has 18 heavy (non-hydrogen) atoms. The van der Waals surface area contributed by atoms with E-state index < -0.39 is 0 Å². The number of rotatable bonds is 1. The highest BCUT2D eigenvalue weighted by Crippen LogP contribution is 2.36. The minimum absolute atomic E-state index is 0.102. The largest absolute Gasteiger partial charge is 0.337 e. The van der Waals surface area contributed by atoms with E-state index in [4.69, 9.17) is 5.73 Å². The Hall–Kier alpha value is -1.01. The minimum Gasteiger partial charge on any atom is -0.337 e. The molecule has 1 saturated heterocycles. The average molecular weight is 266 g/mol. The highest BCUT2D eigenvalue weighted by Gasteiger charge is 2.39. The lowest BCUT2D eigenvalue weighted by Crippen LogP contribution is -2.32. The first-order chi connectivity index (χ1) is 8.65. The summed E-state index contributed by atoms with van der Waals surface area (Å²) in [5, 5.41) is 3.91. The Labute approximate surface area is 111 Å². The molecule has 2 fully saturated rings. The third kappa shape index (κ3) is 2.03. The molecule has 1 unspecified atom stereocenters. The SMILES string of the molecule is Cc1nnsc1C(=O)N1C[C@H]2CCC(N)C[C@H]2C1. The molecule has 0 radical (unpaired) electrons. The average Bonchev–Trinajstić information content (AvgIpc) is 2.93. The van der Waals surface area contributed by atoms with Gasteiger partial charge >= 0.3 is 0 Å². The van der Waals surface area contributed by atoms with Crippen molar-refractivity contribution in [3.8, 4) is 0 Å². The number of nitrogens with zero attached hydrogens (tertiary/aromatic N) is 3. The lowest BCUT2D eigenvalue weighted by Gasteiger charge is -2.27. The number of carbonyl (C=O) groups excluding carboxylic acids is 1. The van der Waals surface area contributed by atoms with Crippen molar-refractivity contribution in [3.63, 3.8) is 0 Å². The van der Waals surface area contributed by atoms with Crippen molar-refractivity contribution in [1.29, 1.82) is 0 Å². The van der Waals surface area contributed by atoms with E-state index >= 15 is 0 Å². The predicted octanol–water partition coefficient (Wildman–Crippen LogP) is 1.05. The molecule has 2 heterocycles. The van der Waals surface area contributed by atoms with Gasteiger partial charge < -0.3 is 10.6 Å². The maximum Gasteiger partial charge on any atom is 0.267 e. The van der Waals surface area contributed by atoms with Crippen molar-refractivity contribution in [2.24, 2.45) is 17.6 Å². The summed E-state index contributed by atoms with van der Waals surface area (Å²) < 4.78 is 3.84. The smallest absolute Gasteiger partial charge is 0.267 e. The van der Waals surface area contributed by atoms with Gasteiger partial charge in [0.1, 0.15) is 4.88 Å². The number of carbonyl (C=O) groups is 1. The summed E-state index contributed by atoms with van der Waals surface area (Å²) in [4.78, 5) is 15.0. The van der Waals surface area contributed by atoms with Crippen LogP contribution >= 0.6 is 11.5 Å². The van der Waals surface area contributed by atoms with Crippen molar-refractivity contribution in [3.05, 3.63) is 10.6 Å². The van der Waals surface area contributed by atoms with Crippen LogP contribution in [-0.4, -0.2) is 39.5 Å². The van der Waals surface area contributed by atoms with E-state index in [0.29, 0.717) is 22.8 Å². The zero-order valence-electron chi connectivity index (χ0n) is 10.5. The number of hydrogen-bond donors (Lipinski definition) is 1. The fourth-order valence-corrected chi connectivity index (χ4v) is 3.83. The molecule has 1 saturated carbocycles. The number of hydrogen-bond acceptors (Lipinski definition) is 5. The molecule has 0 aromatic carbocycles. The van der Waals surface area contributed by atoms with Gasteiger partial charge in [0.2, 0.25) is 0 Å². The van der Waals surface area contributed by atoms with E-state index in [9.17, 15) is 4.79 Å². The van der Waals surface area contributed by atoms with Gasteiger partial charge in [-0.1, -0.05) is 4.49 Å². The summed E-state index contributed by atoms with van der Waals surface area (Å²) in [5.41, 5.74) is 6.76. The standard InChI is InChI=1S/C12H18N4OS/c1-7-11(18-15-14-7)12(17)16-5-8-2-3-10(13)4-9(8)6-16/h8-10H,2-6,13H2,1H3/t8-,9+,10?/m1/s1. The quantitative estimate of drug-likeness (QED) is 0.824. The van der Waals surface area contributed by atoms with E-state index in [1.165, 1.54) is 11.5 Å². The summed E-state index contributed by atoms with van der Waals surface area (Å²) in [6.07, 6.45) is 3.33. The lowest BCUT2D eigenvalue weighted by molar-refractivity contribution is 0.0788. The molecule has 5 nitrogen and oxygen atoms in total. The van der Waals surface area contributed by atoms with Gasteiger partial charge in [0.05, 0.1) is 5.69 Å². The first-order valence-electron chi connectivity index (χ1n) is 6.49. The van der Waals surface area contributed by atoms with E-state index in [1.807, 2.05) is 11.8 Å². The first kappa shape index (κ1) is 12.0. The number of nitrogens with two attached hydrogens (primary N) is 1. The van der Waals surface area contributed by atoms with Crippen molar-refractivity contribution in [2.45, 2.75) is 32.2 Å². The molecular formula is C12H18N4OS. The van der Waals surface area contributed by atoms with Crippen LogP contribution in [0, 0.1) is 18.8 Å². The number of fused-ring (bicyclic) bond motifs is 1. The topological polar surface area (TPSA) is 72.1 Å². The maximum absolute atomic E-state index is 12.4. The van der Waals surface area contributed by atoms with Crippen LogP contribution in [0.25, 0.3) is 0 Å². The van der Waals surface area contributed by atoms with Crippen LogP contribution in [0.3, 0.4) is 0 Å². The maximum atomic E-state index is 12.4. The molecule has 98 valence electrons. The molecule has 0 bridgehead atoms. The van der Waals surface area contributed by atoms with Crippen LogP contribution in [0.15, 0.2) is 0 Å². The molecule has 1 amide bonds. The first-order valence-corrected chi connectivity index (χ1v) is 7.26. The van der Waals surface area contributed by atoms with E-state index in [-0.39, 0.29) is 5.91 Å². The minimum atomic E-state index is 0.102. The highest BCUT2D eigenvalue weighted by atomic mass is 32.1. The molecule has 1 aromatic rings. The predicted molar refractivity (Wildman–Crippen MR) is 69.4 cm³/mol. The molecular weight excluding hydrogens is 248 g/mol. The molecule has 2 aliphatic rings. The van der Waals surface area contributed by atoms with E-state index in [1.54, 1.807) is 0 Å². The molecule has 3 rings (SSSR count). The summed E-state index contributed by atoms with van der Waals surface area (Å²) >= 11 is 1.20. The van der Waals surface area contributed by atoms with Crippen LogP contribution in [0.2, 0.25) is 0 Å². The van der Waals surface area contributed by atoms with E-state index in [0.717, 1.165) is 38.0 Å². The second-order valence-corrected chi connectivity index (χ2v) is 6.25. The van der Waals surface area contributed by atoms with Gasteiger partial charge in [-0.15, -0.1) is 5.10 Å². The number of aryl methyl sites for hydroxylation is 1. The Kier molecular flexibility index (Phi) is 3.07. The second kappa shape index (κ2) is 4.59. The number of aromatic nitrogens is 2. The van der Waals surface area contributed by atoms with Gasteiger partial charge in [0.25, 0.3) is 5.91 Å². The number of amides is 1. The Morgan fingerprint density at radius 2 is 2.17 bits per heavy atom. The van der Waals surface area contributed by atoms with Gasteiger partial charge in [-0.3, -0.25) is 4.79 Å². The molecule has 1 aromatic heterocycles. The molecule has 2 N–H and O–H groups in total. The van der Waals surface area contributed by atoms with Gasteiger partial charge in [-0.25, -0.2) is 0 Å². The van der Waals surface area contributed by atoms with Crippen molar-refractivity contribution < 1.29 is 4.79 Å². The molecule has 0 spiro atoms. The second-order valence-electron chi connectivity index (χ2n) is 5.49. The normalized spacial score (nSPS) is 31.4. The Morgan fingerprint density at radius 1 is 1.39 bits per heavy atom. The zero-order valence-corrected chi connectivity index (χ0v) is 11.3. The van der Waals surface area contributed by atoms with Gasteiger partial charge in [0.15, 0.2) is 0 Å². The van der Waals surface area contributed by atoms with Crippen molar-refractivity contribution in [2.75, 3.05) is 13.1 Å². The fraction of sp³-hybridized carbons (Fsp3) is 0.750. The highest BCUT2D eigenvalue weighted by molar-refractivity contribution is 7.07. The van der Waals surface area contributed by atoms with Crippen molar-refractivity contribution in [1.82, 2.24) is 14.5 Å². The van der Waals surface area contributed by atoms with Gasteiger partial charge in [-0.05, 0) is 49.6 Å². The van der Waals surface area contributed by atoms with Gasteiger partial charge in [-0.2, -0.15) is 0 Å². The third-order valence-corrected chi connectivity index (χ3v) is 5.04. The lowest BCUT2D eigenvalue weighted by atomic mass is 9.79. The van der Waals surface area contributed by atoms with Crippen molar-refractivity contribution >= 4 is 17.4 Å². The molecule has 1 aliphatic carbocycles. The van der Waals surface area contributed by atoms with E-state index in [2.05, 4.69) is 9.59 Å². The van der Waals surface area contributed by atoms with Crippen LogP contribution < -0.4 is 5.73 Å². The zero-order chi connectivity index (χ0) is 12.7. The fourth-order valence-electron chi connectivity index (χ4n) is 3.20. The monoisotopic (exact) mass is 266 g/mol. The Balaban J connectivity index is 1.72. The summed E-state index contributed by atoms with van der Waals surface area (Å²) in [6.45, 7) is 3.58. The summed E-state index contributed by atoms with van der Waals surface area (Å²) in [6, 6.07) is 0.327.